The third-order valence-corrected chi connectivity index (χ3v) is 14.2. The number of benzene rings is 1. The van der Waals surface area contributed by atoms with E-state index in [1.54, 1.807) is 0 Å². The number of fused-ring (bicyclic) bond motifs is 5. The molecule has 0 saturated heterocycles. The second kappa shape index (κ2) is 8.42. The Kier molecular flexibility index (Phi) is 6.39. The molecule has 2 fully saturated rings. The molecular weight excluding hydrogens is 484 g/mol. The van der Waals surface area contributed by atoms with Crippen LogP contribution in [0.5, 0.6) is 5.75 Å². The molecule has 1 N–H and O–H groups in total. The summed E-state index contributed by atoms with van der Waals surface area (Å²) in [6.45, 7) is 13.8. The van der Waals surface area contributed by atoms with Crippen molar-refractivity contribution >= 4 is 30.2 Å². The van der Waals surface area contributed by atoms with Crippen molar-refractivity contribution < 1.29 is 19.1 Å². The summed E-state index contributed by atoms with van der Waals surface area (Å²) in [4.78, 5) is 12.4. The summed E-state index contributed by atoms with van der Waals surface area (Å²) < 4.78 is 13.1. The van der Waals surface area contributed by atoms with E-state index < -0.39 is 8.32 Å². The molecule has 0 aliphatic heterocycles. The van der Waals surface area contributed by atoms with Crippen molar-refractivity contribution in [3.05, 3.63) is 29.3 Å². The van der Waals surface area contributed by atoms with Crippen molar-refractivity contribution in [2.45, 2.75) is 96.1 Å². The van der Waals surface area contributed by atoms with Gasteiger partial charge in [0.1, 0.15) is 17.2 Å². The predicted molar refractivity (Wildman–Crippen MR) is 134 cm³/mol. The maximum Gasteiger partial charge on any atom is 0.316 e. The Morgan fingerprint density at radius 1 is 1.28 bits per heavy atom. The largest absolute Gasteiger partial charge is 0.508 e. The Morgan fingerprint density at radius 3 is 2.66 bits per heavy atom. The summed E-state index contributed by atoms with van der Waals surface area (Å²) in [6, 6.07) is 5.94. The number of phenols is 1. The zero-order valence-corrected chi connectivity index (χ0v) is 23.0. The van der Waals surface area contributed by atoms with E-state index in [1.165, 1.54) is 11.1 Å². The quantitative estimate of drug-likeness (QED) is 0.276. The van der Waals surface area contributed by atoms with E-state index in [4.69, 9.17) is 9.16 Å². The third kappa shape index (κ3) is 4.09. The van der Waals surface area contributed by atoms with Crippen LogP contribution in [-0.2, 0) is 20.4 Å². The van der Waals surface area contributed by atoms with Gasteiger partial charge < -0.3 is 14.3 Å². The van der Waals surface area contributed by atoms with Crippen molar-refractivity contribution in [1.29, 1.82) is 0 Å². The predicted octanol–water partition coefficient (Wildman–Crippen LogP) is 6.56. The van der Waals surface area contributed by atoms with Gasteiger partial charge in [0.25, 0.3) is 0 Å². The molecule has 2 saturated carbocycles. The van der Waals surface area contributed by atoms with E-state index in [1.807, 2.05) is 12.1 Å². The first-order valence-electron chi connectivity index (χ1n) is 12.1. The van der Waals surface area contributed by atoms with Gasteiger partial charge in [0.15, 0.2) is 8.32 Å². The lowest BCUT2D eigenvalue weighted by molar-refractivity contribution is -0.159. The van der Waals surface area contributed by atoms with Crippen molar-refractivity contribution in [1.82, 2.24) is 0 Å². The normalized spacial score (nSPS) is 34.4. The maximum absolute atomic E-state index is 12.4. The summed E-state index contributed by atoms with van der Waals surface area (Å²) in [6.07, 6.45) is 5.03. The first-order valence-corrected chi connectivity index (χ1v) is 16.2. The van der Waals surface area contributed by atoms with Gasteiger partial charge in [-0.05, 0) is 91.2 Å². The minimum atomic E-state index is -2.01. The van der Waals surface area contributed by atoms with E-state index in [-0.39, 0.29) is 34.0 Å². The molecule has 32 heavy (non-hydrogen) atoms. The average molecular weight is 524 g/mol. The first-order chi connectivity index (χ1) is 14.9. The molecule has 0 heterocycles. The molecule has 1 aromatic rings. The number of hydrogen-bond acceptors (Lipinski definition) is 4. The van der Waals surface area contributed by atoms with Crippen LogP contribution in [0.1, 0.15) is 70.4 Å². The topological polar surface area (TPSA) is 55.8 Å². The molecule has 1 aromatic carbocycles. The highest BCUT2D eigenvalue weighted by molar-refractivity contribution is 9.09. The zero-order chi connectivity index (χ0) is 23.5. The number of esters is 1. The summed E-state index contributed by atoms with van der Waals surface area (Å²) in [5, 5.41) is 10.3. The number of carbonyl (C=O) groups excluding carboxylic acids is 1. The highest BCUT2D eigenvalue weighted by Crippen LogP contribution is 2.62. The zero-order valence-electron chi connectivity index (χ0n) is 20.4. The van der Waals surface area contributed by atoms with Gasteiger partial charge >= 0.3 is 5.97 Å². The monoisotopic (exact) mass is 522 g/mol. The van der Waals surface area contributed by atoms with Crippen LogP contribution in [-0.4, -0.2) is 36.9 Å². The Balaban J connectivity index is 1.66. The number of aromatic hydroxyl groups is 1. The van der Waals surface area contributed by atoms with Gasteiger partial charge in [-0.1, -0.05) is 49.7 Å². The Labute approximate surface area is 202 Å². The van der Waals surface area contributed by atoms with Gasteiger partial charge in [-0.25, -0.2) is 0 Å². The molecular formula is C26H39BrO4Si. The third-order valence-electron chi connectivity index (χ3n) is 9.24. The molecule has 0 amide bonds. The van der Waals surface area contributed by atoms with Crippen LogP contribution in [0.3, 0.4) is 0 Å². The first kappa shape index (κ1) is 24.3. The molecule has 3 aliphatic rings. The molecule has 4 nitrogen and oxygen atoms in total. The molecule has 3 aliphatic carbocycles. The lowest BCUT2D eigenvalue weighted by atomic mass is 9.55. The fourth-order valence-electron chi connectivity index (χ4n) is 6.56. The molecule has 4 rings (SSSR count). The standard InChI is InChI=1S/C26H39BrO4Si/c1-25(2,3)32(5,6)31-22-14-21-20-9-7-16-13-17(28)8-10-18(16)19(20)11-12-26(21,4)24(22)30-23(29)15-27/h8,10,13,19-22,24,28H,7,9,11-12,14-15H2,1-6H3/t19?,20?,21?,22-,24+,26+/m1/s1. The molecule has 6 heteroatoms. The lowest BCUT2D eigenvalue weighted by Gasteiger charge is -2.50. The van der Waals surface area contributed by atoms with Crippen LogP contribution in [0, 0.1) is 17.3 Å². The number of halogens is 1. The highest BCUT2D eigenvalue weighted by Gasteiger charge is 2.61. The van der Waals surface area contributed by atoms with E-state index in [0.717, 1.165) is 32.1 Å². The van der Waals surface area contributed by atoms with E-state index >= 15 is 0 Å². The summed E-state index contributed by atoms with van der Waals surface area (Å²) in [5.74, 6) is 1.76. The molecule has 3 unspecified atom stereocenters. The van der Waals surface area contributed by atoms with Crippen LogP contribution < -0.4 is 0 Å². The number of carbonyl (C=O) groups is 1. The lowest BCUT2D eigenvalue weighted by Crippen LogP contribution is -2.50. The SMILES string of the molecule is CC(C)(C)[Si](C)(C)O[C@@H]1CC2C3CCc4cc(O)ccc4C3CC[C@]2(C)[C@H]1OC(=O)CBr. The number of hydrogen-bond donors (Lipinski definition) is 1. The van der Waals surface area contributed by atoms with Gasteiger partial charge in [-0.15, -0.1) is 0 Å². The molecule has 178 valence electrons. The summed E-state index contributed by atoms with van der Waals surface area (Å²) in [5.41, 5.74) is 2.67. The van der Waals surface area contributed by atoms with Crippen molar-refractivity contribution in [2.24, 2.45) is 17.3 Å². The molecule has 6 atom stereocenters. The number of ether oxygens (including phenoxy) is 1. The van der Waals surface area contributed by atoms with Crippen LogP contribution in [0.2, 0.25) is 18.1 Å². The van der Waals surface area contributed by atoms with Crippen LogP contribution >= 0.6 is 15.9 Å². The average Bonchev–Trinajstić information content (AvgIpc) is 2.97. The van der Waals surface area contributed by atoms with Crippen molar-refractivity contribution in [3.8, 4) is 5.75 Å². The Hall–Kier alpha value is -0.853. The molecule has 0 spiro atoms. The van der Waals surface area contributed by atoms with E-state index in [0.29, 0.717) is 23.5 Å². The van der Waals surface area contributed by atoms with Crippen molar-refractivity contribution in [2.75, 3.05) is 5.33 Å². The maximum atomic E-state index is 12.4. The number of aryl methyl sites for hydroxylation is 1. The summed E-state index contributed by atoms with van der Waals surface area (Å²) >= 11 is 3.29. The minimum absolute atomic E-state index is 0.0335. The van der Waals surface area contributed by atoms with Crippen LogP contribution in [0.15, 0.2) is 18.2 Å². The van der Waals surface area contributed by atoms with E-state index in [2.05, 4.69) is 62.8 Å². The van der Waals surface area contributed by atoms with Gasteiger partial charge in [0.05, 0.1) is 6.10 Å². The summed E-state index contributed by atoms with van der Waals surface area (Å²) in [7, 11) is -2.01. The van der Waals surface area contributed by atoms with Crippen LogP contribution in [0.25, 0.3) is 0 Å². The van der Waals surface area contributed by atoms with E-state index in [9.17, 15) is 9.90 Å². The highest BCUT2D eigenvalue weighted by atomic mass is 79.9. The van der Waals surface area contributed by atoms with Gasteiger partial charge in [0.2, 0.25) is 0 Å². The Morgan fingerprint density at radius 2 is 2.00 bits per heavy atom. The fraction of sp³-hybridized carbons (Fsp3) is 0.731. The smallest absolute Gasteiger partial charge is 0.316 e. The minimum Gasteiger partial charge on any atom is -0.508 e. The number of alkyl halides is 1. The second-order valence-electron chi connectivity index (χ2n) is 12.0. The van der Waals surface area contributed by atoms with Crippen molar-refractivity contribution in [3.63, 3.8) is 0 Å². The molecule has 0 bridgehead atoms. The van der Waals surface area contributed by atoms with Gasteiger partial charge in [-0.3, -0.25) is 4.79 Å². The van der Waals surface area contributed by atoms with Gasteiger partial charge in [0, 0.05) is 5.41 Å². The molecule has 0 radical (unpaired) electrons. The molecule has 0 aromatic heterocycles. The Bertz CT molecular complexity index is 879. The fourth-order valence-corrected chi connectivity index (χ4v) is 8.02. The number of rotatable bonds is 4. The second-order valence-corrected chi connectivity index (χ2v) is 17.4. The van der Waals surface area contributed by atoms with Crippen LogP contribution in [0.4, 0.5) is 0 Å². The number of phenolic OH excluding ortho intramolecular Hbond substituents is 1. The van der Waals surface area contributed by atoms with Gasteiger partial charge in [-0.2, -0.15) is 0 Å².